The molecule has 1 unspecified atom stereocenters. The van der Waals surface area contributed by atoms with E-state index >= 15 is 0 Å². The normalized spacial score (nSPS) is 18.8. The number of aromatic nitrogens is 3. The Morgan fingerprint density at radius 2 is 2.30 bits per heavy atom. The number of piperidine rings is 1. The molecule has 6 nitrogen and oxygen atoms in total. The fourth-order valence-corrected chi connectivity index (χ4v) is 2.99. The lowest BCUT2D eigenvalue weighted by Gasteiger charge is -2.31. The van der Waals surface area contributed by atoms with Gasteiger partial charge < -0.3 is 5.32 Å². The van der Waals surface area contributed by atoms with Crippen molar-refractivity contribution >= 4 is 23.3 Å². The van der Waals surface area contributed by atoms with Crippen LogP contribution in [-0.4, -0.2) is 38.7 Å². The maximum absolute atomic E-state index is 12.4. The summed E-state index contributed by atoms with van der Waals surface area (Å²) in [4.78, 5) is 18.9. The Morgan fingerprint density at radius 1 is 1.43 bits per heavy atom. The molecule has 1 aliphatic rings. The first kappa shape index (κ1) is 16.0. The standard InChI is InChI=1S/C16H20ClN5O/c1-21-14(6-7-19-21)11-22-8-2-3-12(10-22)16(23)20-15-5-4-13(17)9-18-15/h4-7,9,12H,2-3,8,10-11H2,1H3,(H,18,20,23). The third-order valence-corrected chi connectivity index (χ3v) is 4.39. The lowest BCUT2D eigenvalue weighted by atomic mass is 9.97. The third-order valence-electron chi connectivity index (χ3n) is 4.16. The molecule has 2 aromatic heterocycles. The zero-order chi connectivity index (χ0) is 16.2. The zero-order valence-corrected chi connectivity index (χ0v) is 13.8. The molecule has 0 radical (unpaired) electrons. The van der Waals surface area contributed by atoms with Crippen LogP contribution >= 0.6 is 11.6 Å². The Hall–Kier alpha value is -1.92. The van der Waals surface area contributed by atoms with E-state index in [0.717, 1.165) is 38.2 Å². The van der Waals surface area contributed by atoms with E-state index in [-0.39, 0.29) is 11.8 Å². The second-order valence-electron chi connectivity index (χ2n) is 5.87. The summed E-state index contributed by atoms with van der Waals surface area (Å²) in [6, 6.07) is 5.46. The molecule has 0 aromatic carbocycles. The molecule has 1 fully saturated rings. The van der Waals surface area contributed by atoms with Gasteiger partial charge in [-0.25, -0.2) is 4.98 Å². The molecule has 122 valence electrons. The highest BCUT2D eigenvalue weighted by molar-refractivity contribution is 6.30. The molecule has 1 amide bonds. The summed E-state index contributed by atoms with van der Waals surface area (Å²) < 4.78 is 1.88. The summed E-state index contributed by atoms with van der Waals surface area (Å²) in [5.41, 5.74) is 1.16. The molecule has 3 rings (SSSR count). The van der Waals surface area contributed by atoms with E-state index in [1.165, 1.54) is 6.20 Å². The van der Waals surface area contributed by atoms with Crippen molar-refractivity contribution in [1.29, 1.82) is 0 Å². The number of likely N-dealkylation sites (tertiary alicyclic amines) is 1. The van der Waals surface area contributed by atoms with E-state index in [2.05, 4.69) is 20.3 Å². The summed E-state index contributed by atoms with van der Waals surface area (Å²) >= 11 is 5.81. The fraction of sp³-hybridized carbons (Fsp3) is 0.438. The van der Waals surface area contributed by atoms with Gasteiger partial charge in [-0.1, -0.05) is 11.6 Å². The number of carbonyl (C=O) groups is 1. The van der Waals surface area contributed by atoms with Crippen molar-refractivity contribution in [3.8, 4) is 0 Å². The van der Waals surface area contributed by atoms with Crippen LogP contribution < -0.4 is 5.32 Å². The average Bonchev–Trinajstić information content (AvgIpc) is 2.95. The molecule has 0 saturated carbocycles. The SMILES string of the molecule is Cn1nccc1CN1CCCC(C(=O)Nc2ccc(Cl)cn2)C1. The minimum absolute atomic E-state index is 0.0190. The van der Waals surface area contributed by atoms with Gasteiger partial charge in [-0.3, -0.25) is 14.4 Å². The highest BCUT2D eigenvalue weighted by Crippen LogP contribution is 2.20. The largest absolute Gasteiger partial charge is 0.310 e. The Labute approximate surface area is 140 Å². The predicted molar refractivity (Wildman–Crippen MR) is 89.1 cm³/mol. The molecule has 0 aliphatic carbocycles. The van der Waals surface area contributed by atoms with Crippen LogP contribution in [0.5, 0.6) is 0 Å². The van der Waals surface area contributed by atoms with Crippen molar-refractivity contribution in [2.45, 2.75) is 19.4 Å². The Morgan fingerprint density at radius 3 is 3.00 bits per heavy atom. The molecule has 1 aliphatic heterocycles. The van der Waals surface area contributed by atoms with Gasteiger partial charge in [0.1, 0.15) is 5.82 Å². The van der Waals surface area contributed by atoms with E-state index in [9.17, 15) is 4.79 Å². The monoisotopic (exact) mass is 333 g/mol. The van der Waals surface area contributed by atoms with Crippen LogP contribution in [0.3, 0.4) is 0 Å². The summed E-state index contributed by atoms with van der Waals surface area (Å²) in [6.45, 7) is 2.58. The minimum atomic E-state index is -0.0190. The quantitative estimate of drug-likeness (QED) is 0.932. The molecule has 1 atom stereocenters. The van der Waals surface area contributed by atoms with Gasteiger partial charge in [-0.2, -0.15) is 5.10 Å². The maximum Gasteiger partial charge on any atom is 0.229 e. The topological polar surface area (TPSA) is 63.1 Å². The van der Waals surface area contributed by atoms with E-state index in [0.29, 0.717) is 10.8 Å². The lowest BCUT2D eigenvalue weighted by molar-refractivity contribution is -0.121. The number of nitrogens with one attached hydrogen (secondary N) is 1. The second-order valence-corrected chi connectivity index (χ2v) is 6.31. The molecular weight excluding hydrogens is 314 g/mol. The van der Waals surface area contributed by atoms with E-state index in [1.807, 2.05) is 17.8 Å². The van der Waals surface area contributed by atoms with Gasteiger partial charge in [0.2, 0.25) is 5.91 Å². The number of aryl methyl sites for hydroxylation is 1. The number of nitrogens with zero attached hydrogens (tertiary/aromatic N) is 4. The number of hydrogen-bond acceptors (Lipinski definition) is 4. The maximum atomic E-state index is 12.4. The summed E-state index contributed by atoms with van der Waals surface area (Å²) in [6.07, 6.45) is 5.26. The number of amides is 1. The van der Waals surface area contributed by atoms with Crippen LogP contribution in [0.25, 0.3) is 0 Å². The number of pyridine rings is 1. The molecule has 3 heterocycles. The molecule has 2 aromatic rings. The number of carbonyl (C=O) groups excluding carboxylic acids is 1. The summed E-state index contributed by atoms with van der Waals surface area (Å²) in [5.74, 6) is 0.548. The molecule has 0 spiro atoms. The predicted octanol–water partition coefficient (Wildman–Crippen LogP) is 2.32. The van der Waals surface area contributed by atoms with Gasteiger partial charge >= 0.3 is 0 Å². The van der Waals surface area contributed by atoms with Gasteiger partial charge in [0, 0.05) is 32.5 Å². The second kappa shape index (κ2) is 7.10. The first-order valence-corrected chi connectivity index (χ1v) is 8.11. The average molecular weight is 334 g/mol. The van der Waals surface area contributed by atoms with Crippen molar-refractivity contribution in [2.75, 3.05) is 18.4 Å². The molecule has 7 heteroatoms. The number of hydrogen-bond donors (Lipinski definition) is 1. The van der Waals surface area contributed by atoms with Gasteiger partial charge in [0.05, 0.1) is 16.6 Å². The Kier molecular flexibility index (Phi) is 4.93. The van der Waals surface area contributed by atoms with E-state index in [1.54, 1.807) is 18.3 Å². The zero-order valence-electron chi connectivity index (χ0n) is 13.1. The van der Waals surface area contributed by atoms with Crippen molar-refractivity contribution < 1.29 is 4.79 Å². The van der Waals surface area contributed by atoms with Crippen LogP contribution in [0.15, 0.2) is 30.6 Å². The van der Waals surface area contributed by atoms with Crippen molar-refractivity contribution in [1.82, 2.24) is 19.7 Å². The molecular formula is C16H20ClN5O. The van der Waals surface area contributed by atoms with Crippen molar-refractivity contribution in [2.24, 2.45) is 13.0 Å². The fourth-order valence-electron chi connectivity index (χ4n) is 2.88. The van der Waals surface area contributed by atoms with Gasteiger partial charge in [0.15, 0.2) is 0 Å². The van der Waals surface area contributed by atoms with Crippen LogP contribution in [0.1, 0.15) is 18.5 Å². The molecule has 1 N–H and O–H groups in total. The third kappa shape index (κ3) is 4.09. The van der Waals surface area contributed by atoms with Crippen LogP contribution in [-0.2, 0) is 18.4 Å². The van der Waals surface area contributed by atoms with E-state index in [4.69, 9.17) is 11.6 Å². The lowest BCUT2D eigenvalue weighted by Crippen LogP contribution is -2.40. The van der Waals surface area contributed by atoms with Crippen molar-refractivity contribution in [3.05, 3.63) is 41.3 Å². The number of rotatable bonds is 4. The highest BCUT2D eigenvalue weighted by atomic mass is 35.5. The van der Waals surface area contributed by atoms with Crippen LogP contribution in [0, 0.1) is 5.92 Å². The summed E-state index contributed by atoms with van der Waals surface area (Å²) in [5, 5.41) is 7.63. The van der Waals surface area contributed by atoms with Crippen LogP contribution in [0.4, 0.5) is 5.82 Å². The molecule has 23 heavy (non-hydrogen) atoms. The Balaban J connectivity index is 1.58. The summed E-state index contributed by atoms with van der Waals surface area (Å²) in [7, 11) is 1.94. The molecule has 1 saturated heterocycles. The van der Waals surface area contributed by atoms with E-state index < -0.39 is 0 Å². The Bertz CT molecular complexity index is 669. The number of anilines is 1. The van der Waals surface area contributed by atoms with Crippen LogP contribution in [0.2, 0.25) is 5.02 Å². The first-order valence-electron chi connectivity index (χ1n) is 7.73. The number of halogens is 1. The minimum Gasteiger partial charge on any atom is -0.310 e. The highest BCUT2D eigenvalue weighted by Gasteiger charge is 2.26. The van der Waals surface area contributed by atoms with Gasteiger partial charge in [-0.05, 0) is 37.6 Å². The van der Waals surface area contributed by atoms with Crippen molar-refractivity contribution in [3.63, 3.8) is 0 Å². The van der Waals surface area contributed by atoms with Gasteiger partial charge in [-0.15, -0.1) is 0 Å². The van der Waals surface area contributed by atoms with Gasteiger partial charge in [0.25, 0.3) is 0 Å². The molecule has 0 bridgehead atoms. The first-order chi connectivity index (χ1) is 11.1. The smallest absolute Gasteiger partial charge is 0.229 e.